The van der Waals surface area contributed by atoms with Gasteiger partial charge in [0.05, 0.1) is 17.9 Å². The minimum atomic E-state index is -0.319. The lowest BCUT2D eigenvalue weighted by Gasteiger charge is -2.24. The number of anilines is 1. The second kappa shape index (κ2) is 9.64. The molecule has 1 aliphatic carbocycles. The summed E-state index contributed by atoms with van der Waals surface area (Å²) in [5.41, 5.74) is 6.70. The molecule has 4 N–H and O–H groups in total. The summed E-state index contributed by atoms with van der Waals surface area (Å²) < 4.78 is 17.1. The largest absolute Gasteiger partial charge is 0.358 e. The van der Waals surface area contributed by atoms with Crippen LogP contribution in [-0.2, 0) is 12.8 Å². The van der Waals surface area contributed by atoms with Crippen LogP contribution in [0.3, 0.4) is 0 Å². The Morgan fingerprint density at radius 2 is 1.82 bits per heavy atom. The highest BCUT2D eigenvalue weighted by Gasteiger charge is 2.27. The van der Waals surface area contributed by atoms with E-state index in [9.17, 15) is 0 Å². The molecule has 0 unspecified atom stereocenters. The predicted octanol–water partition coefficient (Wildman–Crippen LogP) is 4.63. The highest BCUT2D eigenvalue weighted by atomic mass is 19.1. The van der Waals surface area contributed by atoms with Crippen molar-refractivity contribution in [2.24, 2.45) is 0 Å². The average molecular weight is 538 g/mol. The molecule has 204 valence electrons. The molecule has 3 atom stereocenters. The van der Waals surface area contributed by atoms with Gasteiger partial charge in [-0.2, -0.15) is 14.6 Å². The third-order valence-electron chi connectivity index (χ3n) is 8.78. The number of rotatable bonds is 5. The highest BCUT2D eigenvalue weighted by Crippen LogP contribution is 2.33. The van der Waals surface area contributed by atoms with E-state index >= 15 is 4.39 Å². The summed E-state index contributed by atoms with van der Waals surface area (Å²) in [7, 11) is 0. The van der Waals surface area contributed by atoms with E-state index in [1.807, 2.05) is 10.7 Å². The van der Waals surface area contributed by atoms with Gasteiger partial charge >= 0.3 is 0 Å². The third-order valence-corrected chi connectivity index (χ3v) is 8.78. The van der Waals surface area contributed by atoms with Crippen molar-refractivity contribution < 1.29 is 4.39 Å². The van der Waals surface area contributed by atoms with Gasteiger partial charge in [-0.15, -0.1) is 0 Å². The number of aromatic amines is 1. The standard InChI is InChI=1S/C30H32FN9/c31-22-13-17(15-34-27(22)26-8-4-12-33-26)28-38-29-21(23-7-3-11-32-23)16-35-40(29)30(39-28)36-18-9-10-25-20(14-18)19-5-1-2-6-24(19)37-25/h1-2,5-6,13,15-16,18,23,26,32-33,37H,3-4,7-12,14H2,(H,36,38,39)/t18-,23-,26+/m1/s1. The fourth-order valence-electron chi connectivity index (χ4n) is 6.73. The summed E-state index contributed by atoms with van der Waals surface area (Å²) in [5, 5.41) is 16.6. The van der Waals surface area contributed by atoms with Crippen molar-refractivity contribution in [2.75, 3.05) is 18.4 Å². The Labute approximate surface area is 231 Å². The van der Waals surface area contributed by atoms with Crippen LogP contribution in [0.25, 0.3) is 27.9 Å². The highest BCUT2D eigenvalue weighted by molar-refractivity contribution is 5.85. The molecule has 0 spiro atoms. The van der Waals surface area contributed by atoms with Gasteiger partial charge in [0.1, 0.15) is 5.82 Å². The second-order valence-corrected chi connectivity index (χ2v) is 11.3. The molecule has 1 aromatic carbocycles. The number of halogens is 1. The number of para-hydroxylation sites is 1. The number of aryl methyl sites for hydroxylation is 1. The minimum absolute atomic E-state index is 0.0368. The quantitative estimate of drug-likeness (QED) is 0.259. The molecular weight excluding hydrogens is 505 g/mol. The van der Waals surface area contributed by atoms with Gasteiger partial charge in [0.15, 0.2) is 11.5 Å². The van der Waals surface area contributed by atoms with Crippen LogP contribution < -0.4 is 16.0 Å². The molecule has 0 saturated carbocycles. The maximum absolute atomic E-state index is 15.3. The van der Waals surface area contributed by atoms with Crippen molar-refractivity contribution in [3.8, 4) is 11.4 Å². The number of aromatic nitrogens is 6. The summed E-state index contributed by atoms with van der Waals surface area (Å²) in [5.74, 6) is 0.760. The Bertz CT molecular complexity index is 1710. The van der Waals surface area contributed by atoms with Crippen LogP contribution in [0.5, 0.6) is 0 Å². The van der Waals surface area contributed by atoms with Gasteiger partial charge in [-0.05, 0) is 75.7 Å². The van der Waals surface area contributed by atoms with E-state index in [4.69, 9.17) is 15.1 Å². The molecule has 2 saturated heterocycles. The maximum atomic E-state index is 15.3. The van der Waals surface area contributed by atoms with Gasteiger partial charge in [-0.1, -0.05) is 18.2 Å². The lowest BCUT2D eigenvalue weighted by Crippen LogP contribution is -2.29. The topological polar surface area (TPSA) is 108 Å². The van der Waals surface area contributed by atoms with Gasteiger partial charge in [-0.25, -0.2) is 9.37 Å². The monoisotopic (exact) mass is 537 g/mol. The summed E-state index contributed by atoms with van der Waals surface area (Å²) in [6, 6.07) is 10.4. The number of pyridine rings is 1. The van der Waals surface area contributed by atoms with Crippen molar-refractivity contribution in [3.05, 3.63) is 71.1 Å². The van der Waals surface area contributed by atoms with Crippen molar-refractivity contribution in [2.45, 2.75) is 63.1 Å². The zero-order valence-electron chi connectivity index (χ0n) is 22.3. The van der Waals surface area contributed by atoms with E-state index in [0.717, 1.165) is 69.2 Å². The van der Waals surface area contributed by atoms with Gasteiger partial charge in [-0.3, -0.25) is 4.98 Å². The Morgan fingerprint density at radius 1 is 0.975 bits per heavy atom. The molecule has 0 amide bonds. The average Bonchev–Trinajstić information content (AvgIpc) is 3.79. The van der Waals surface area contributed by atoms with E-state index in [0.29, 0.717) is 23.0 Å². The molecule has 9 nitrogen and oxygen atoms in total. The molecule has 4 aromatic heterocycles. The normalized spacial score (nSPS) is 22.8. The third kappa shape index (κ3) is 4.05. The van der Waals surface area contributed by atoms with E-state index in [2.05, 4.69) is 50.2 Å². The van der Waals surface area contributed by atoms with Crippen LogP contribution in [0.15, 0.2) is 42.7 Å². The zero-order chi connectivity index (χ0) is 26.6. The van der Waals surface area contributed by atoms with E-state index in [1.54, 1.807) is 6.20 Å². The molecular formula is C30H32FN9. The van der Waals surface area contributed by atoms with Crippen LogP contribution in [0.1, 0.15) is 66.7 Å². The second-order valence-electron chi connectivity index (χ2n) is 11.3. The molecule has 40 heavy (non-hydrogen) atoms. The van der Waals surface area contributed by atoms with E-state index < -0.39 is 0 Å². The molecule has 10 heteroatoms. The van der Waals surface area contributed by atoms with Gasteiger partial charge in [0.25, 0.3) is 0 Å². The van der Waals surface area contributed by atoms with Crippen LogP contribution >= 0.6 is 0 Å². The molecule has 8 rings (SSSR count). The molecule has 2 fully saturated rings. The Morgan fingerprint density at radius 3 is 2.65 bits per heavy atom. The van der Waals surface area contributed by atoms with E-state index in [-0.39, 0.29) is 23.9 Å². The number of hydrogen-bond acceptors (Lipinski definition) is 7. The van der Waals surface area contributed by atoms with E-state index in [1.165, 1.54) is 28.2 Å². The summed E-state index contributed by atoms with van der Waals surface area (Å²) in [6.07, 6.45) is 10.5. The first-order valence-corrected chi connectivity index (χ1v) is 14.4. The molecule has 0 radical (unpaired) electrons. The zero-order valence-corrected chi connectivity index (χ0v) is 22.3. The Balaban J connectivity index is 1.18. The fourth-order valence-corrected chi connectivity index (χ4v) is 6.73. The fraction of sp³-hybridized carbons (Fsp3) is 0.400. The molecule has 5 aromatic rings. The number of nitrogens with one attached hydrogen (secondary N) is 4. The minimum Gasteiger partial charge on any atom is -0.358 e. The van der Waals surface area contributed by atoms with Gasteiger partial charge in [0.2, 0.25) is 5.95 Å². The van der Waals surface area contributed by atoms with Crippen LogP contribution in [0.2, 0.25) is 0 Å². The molecule has 2 aliphatic heterocycles. The maximum Gasteiger partial charge on any atom is 0.228 e. The number of nitrogens with zero attached hydrogens (tertiary/aromatic N) is 5. The first-order valence-electron chi connectivity index (χ1n) is 14.4. The first-order chi connectivity index (χ1) is 19.7. The number of hydrogen-bond donors (Lipinski definition) is 4. The van der Waals surface area contributed by atoms with Crippen LogP contribution in [0, 0.1) is 5.82 Å². The van der Waals surface area contributed by atoms with Gasteiger partial charge < -0.3 is 20.9 Å². The Hall–Kier alpha value is -3.89. The lowest BCUT2D eigenvalue weighted by molar-refractivity contribution is 0.541. The van der Waals surface area contributed by atoms with Crippen molar-refractivity contribution in [1.82, 2.24) is 40.2 Å². The summed E-state index contributed by atoms with van der Waals surface area (Å²) in [6.45, 7) is 1.87. The van der Waals surface area contributed by atoms with Crippen molar-refractivity contribution >= 4 is 22.5 Å². The lowest BCUT2D eigenvalue weighted by atomic mass is 9.91. The number of fused-ring (bicyclic) bond motifs is 4. The van der Waals surface area contributed by atoms with Crippen molar-refractivity contribution in [1.29, 1.82) is 0 Å². The molecule has 3 aliphatic rings. The first kappa shape index (κ1) is 24.0. The van der Waals surface area contributed by atoms with Crippen LogP contribution in [-0.4, -0.2) is 48.7 Å². The summed E-state index contributed by atoms with van der Waals surface area (Å²) in [4.78, 5) is 18.0. The smallest absolute Gasteiger partial charge is 0.228 e. The predicted molar refractivity (Wildman–Crippen MR) is 152 cm³/mol. The number of benzene rings is 1. The molecule has 0 bridgehead atoms. The SMILES string of the molecule is Fc1cc(-c2nc(N[C@@H]3CCc4[nH]c5ccccc5c4C3)n3ncc([C@H]4CCCN4)c3n2)cnc1[C@@H]1CCCN1. The van der Waals surface area contributed by atoms with Crippen LogP contribution in [0.4, 0.5) is 10.3 Å². The van der Waals surface area contributed by atoms with Crippen molar-refractivity contribution in [3.63, 3.8) is 0 Å². The summed E-state index contributed by atoms with van der Waals surface area (Å²) >= 11 is 0. The number of H-pyrrole nitrogens is 1. The Kier molecular flexibility index (Phi) is 5.77. The van der Waals surface area contributed by atoms with Gasteiger partial charge in [0, 0.05) is 46.0 Å². The molecule has 6 heterocycles.